The normalized spacial score (nSPS) is 13.0. The zero-order valence-electron chi connectivity index (χ0n) is 38.2. The molecule has 0 aliphatic heterocycles. The third-order valence-electron chi connectivity index (χ3n) is 10.8. The summed E-state index contributed by atoms with van der Waals surface area (Å²) in [5.41, 5.74) is 8.94. The van der Waals surface area contributed by atoms with Crippen molar-refractivity contribution >= 4 is 32.8 Å². The van der Waals surface area contributed by atoms with E-state index in [1.54, 1.807) is 12.3 Å². The van der Waals surface area contributed by atoms with Crippen molar-refractivity contribution in [2.24, 2.45) is 5.41 Å². The van der Waals surface area contributed by atoms with Gasteiger partial charge in [0.2, 0.25) is 0 Å². The second-order valence-electron chi connectivity index (χ2n) is 18.7. The van der Waals surface area contributed by atoms with Gasteiger partial charge in [-0.25, -0.2) is 4.98 Å². The first-order valence-corrected chi connectivity index (χ1v) is 20.6. The Balaban J connectivity index is 0.00000544. The van der Waals surface area contributed by atoms with Gasteiger partial charge in [-0.3, -0.25) is 14.1 Å². The van der Waals surface area contributed by atoms with E-state index in [-0.39, 0.29) is 31.9 Å². The van der Waals surface area contributed by atoms with E-state index >= 15 is 0 Å². The molecule has 6 nitrogen and oxygen atoms in total. The maximum atomic E-state index is 9.00. The molecule has 0 unspecified atom stereocenters. The van der Waals surface area contributed by atoms with Gasteiger partial charge in [0.05, 0.1) is 22.5 Å². The van der Waals surface area contributed by atoms with Crippen molar-refractivity contribution in [3.05, 3.63) is 169 Å². The van der Waals surface area contributed by atoms with Crippen LogP contribution in [0.2, 0.25) is 0 Å². The van der Waals surface area contributed by atoms with Crippen LogP contribution in [0.4, 0.5) is 0 Å². The first-order chi connectivity index (χ1) is 29.4. The van der Waals surface area contributed by atoms with Gasteiger partial charge in [0.1, 0.15) is 5.82 Å². The van der Waals surface area contributed by atoms with Crippen LogP contribution in [0.25, 0.3) is 61.3 Å². The molecule has 0 atom stereocenters. The van der Waals surface area contributed by atoms with E-state index in [2.05, 4.69) is 143 Å². The molecule has 0 N–H and O–H groups in total. The van der Waals surface area contributed by atoms with Gasteiger partial charge < -0.3 is 9.30 Å². The van der Waals surface area contributed by atoms with Crippen molar-refractivity contribution in [1.29, 1.82) is 0 Å². The summed E-state index contributed by atoms with van der Waals surface area (Å²) < 4.78 is 30.7. The molecule has 4 aromatic heterocycles. The number of hydrogen-bond acceptors (Lipinski definition) is 3. The van der Waals surface area contributed by atoms with E-state index in [1.807, 2.05) is 72.5 Å². The van der Waals surface area contributed by atoms with E-state index in [0.717, 1.165) is 61.0 Å². The molecule has 0 spiro atoms. The number of hydrogen-bond donors (Lipinski definition) is 0. The average Bonchev–Trinajstić information content (AvgIpc) is 3.78. The van der Waals surface area contributed by atoms with E-state index in [1.165, 1.54) is 5.56 Å². The Morgan fingerprint density at radius 3 is 2.13 bits per heavy atom. The Bertz CT molecular complexity index is 3150. The first kappa shape index (κ1) is 39.3. The molecule has 310 valence electrons. The molecule has 0 radical (unpaired) electrons. The second-order valence-corrected chi connectivity index (χ2v) is 18.7. The van der Waals surface area contributed by atoms with Crippen molar-refractivity contribution in [2.75, 3.05) is 0 Å². The van der Waals surface area contributed by atoms with Crippen LogP contribution in [0.1, 0.15) is 81.7 Å². The predicted molar refractivity (Wildman–Crippen MR) is 244 cm³/mol. The van der Waals surface area contributed by atoms with Gasteiger partial charge in [0.15, 0.2) is 0 Å². The van der Waals surface area contributed by atoms with Gasteiger partial charge in [0, 0.05) is 41.3 Å². The van der Waals surface area contributed by atoms with Crippen LogP contribution in [0.15, 0.2) is 134 Å². The average molecular weight is 983 g/mol. The van der Waals surface area contributed by atoms with E-state index in [0.29, 0.717) is 22.9 Å². The standard InChI is InChI=1S/C54H51N5O.Pt/c1-52(2,3)34-36-14-13-17-41(28-36)57-35-58(49-30-39(53(4,5)6)19-23-47(49)57)50-33-43(25-27-55-50)60-42-20-21-44-45-29-38(37-15-11-10-12-16-37)18-22-46(45)59(48(44)32-42)51-31-40(24-26-56-51)54(7,8)9;/h10-31H,34H2,1-9H3;/q-2;/i34D2;. The van der Waals surface area contributed by atoms with Crippen molar-refractivity contribution in [3.8, 4) is 39.9 Å². The monoisotopic (exact) mass is 982 g/mol. The minimum absolute atomic E-state index is 0. The third kappa shape index (κ3) is 8.44. The predicted octanol–water partition coefficient (Wildman–Crippen LogP) is 12.8. The van der Waals surface area contributed by atoms with Gasteiger partial charge in [-0.15, -0.1) is 17.5 Å². The fourth-order valence-corrected chi connectivity index (χ4v) is 7.77. The first-order valence-electron chi connectivity index (χ1n) is 21.6. The van der Waals surface area contributed by atoms with E-state index < -0.39 is 11.8 Å². The molecule has 0 amide bonds. The maximum absolute atomic E-state index is 9.00. The molecular formula is C54H51N5OPt-2. The maximum Gasteiger partial charge on any atom is 0.269 e. The molecule has 0 bridgehead atoms. The van der Waals surface area contributed by atoms with E-state index in [9.17, 15) is 0 Å². The minimum atomic E-state index is -1.56. The fourth-order valence-electron chi connectivity index (χ4n) is 7.77. The Labute approximate surface area is 377 Å². The minimum Gasteiger partial charge on any atom is -0.522 e. The molecule has 0 aliphatic rings. The van der Waals surface area contributed by atoms with Gasteiger partial charge in [-0.1, -0.05) is 146 Å². The fraction of sp³-hybridized carbons (Fsp3) is 0.241. The summed E-state index contributed by atoms with van der Waals surface area (Å²) in [6.07, 6.45) is 5.60. The van der Waals surface area contributed by atoms with Crippen LogP contribution in [-0.2, 0) is 38.3 Å². The Kier molecular flexibility index (Phi) is 10.2. The summed E-state index contributed by atoms with van der Waals surface area (Å²) in [5.74, 6) is 2.32. The van der Waals surface area contributed by atoms with Crippen molar-refractivity contribution in [1.82, 2.24) is 19.1 Å². The summed E-state index contributed by atoms with van der Waals surface area (Å²) in [7, 11) is 0. The number of rotatable bonds is 7. The summed E-state index contributed by atoms with van der Waals surface area (Å²) in [6, 6.07) is 48.3. The molecule has 4 heterocycles. The number of benzene rings is 5. The summed E-state index contributed by atoms with van der Waals surface area (Å²) in [4.78, 5) is 9.68. The van der Waals surface area contributed by atoms with Crippen LogP contribution in [0.5, 0.6) is 11.5 Å². The van der Waals surface area contributed by atoms with Crippen molar-refractivity contribution in [3.63, 3.8) is 0 Å². The number of pyridine rings is 2. The topological polar surface area (TPSA) is 48.8 Å². The number of imidazole rings is 1. The zero-order chi connectivity index (χ0) is 43.8. The SMILES string of the molecule is [2H]C([2H])(c1cccc(-[n+]2[c-]n(-c3[c-]c(Oc4[c-]c5c(cc4)c4cc(-c6ccccc6)ccc4n5-c4cc(C(C)(C)C)ccn4)ccn3)c3cc(C(C)(C)C)ccc32)c1)C(C)(C)C.[Pt]. The smallest absolute Gasteiger partial charge is 0.269 e. The zero-order valence-corrected chi connectivity index (χ0v) is 38.4. The number of nitrogens with zero attached hydrogens (tertiary/aromatic N) is 5. The van der Waals surface area contributed by atoms with Crippen LogP contribution in [-0.4, -0.2) is 19.1 Å². The molecule has 0 saturated heterocycles. The molecule has 7 heteroatoms. The van der Waals surface area contributed by atoms with E-state index in [4.69, 9.17) is 17.4 Å². The van der Waals surface area contributed by atoms with Crippen LogP contribution >= 0.6 is 0 Å². The quantitative estimate of drug-likeness (QED) is 0.118. The van der Waals surface area contributed by atoms with Gasteiger partial charge in [-0.05, 0) is 92.4 Å². The summed E-state index contributed by atoms with van der Waals surface area (Å²) in [6.45, 7) is 19.0. The third-order valence-corrected chi connectivity index (χ3v) is 10.8. The second kappa shape index (κ2) is 15.9. The van der Waals surface area contributed by atoms with Gasteiger partial charge >= 0.3 is 0 Å². The number of ether oxygens (including phenoxy) is 1. The molecule has 9 rings (SSSR count). The van der Waals surface area contributed by atoms with Crippen LogP contribution in [0.3, 0.4) is 0 Å². The molecule has 0 aliphatic carbocycles. The van der Waals surface area contributed by atoms with Gasteiger partial charge in [-0.2, -0.15) is 18.2 Å². The van der Waals surface area contributed by atoms with Crippen LogP contribution in [0, 0.1) is 23.9 Å². The molecule has 5 aromatic carbocycles. The Morgan fingerprint density at radius 2 is 1.38 bits per heavy atom. The molecule has 0 fully saturated rings. The molecule has 9 aromatic rings. The molecule has 61 heavy (non-hydrogen) atoms. The molecule has 0 saturated carbocycles. The van der Waals surface area contributed by atoms with Crippen LogP contribution < -0.4 is 9.30 Å². The Hall–Kier alpha value is -5.84. The number of fused-ring (bicyclic) bond motifs is 4. The van der Waals surface area contributed by atoms with Crippen molar-refractivity contribution < 1.29 is 33.1 Å². The van der Waals surface area contributed by atoms with Crippen molar-refractivity contribution in [2.45, 2.75) is 79.5 Å². The summed E-state index contributed by atoms with van der Waals surface area (Å²) in [5, 5.41) is 2.14. The largest absolute Gasteiger partial charge is 0.522 e. The molecular weight excluding hydrogens is 930 g/mol. The number of aromatic nitrogens is 5. The Morgan fingerprint density at radius 1 is 0.639 bits per heavy atom. The summed E-state index contributed by atoms with van der Waals surface area (Å²) >= 11 is 0. The van der Waals surface area contributed by atoms with Gasteiger partial charge in [0.25, 0.3) is 6.33 Å².